The molecule has 2 aromatic heterocycles. The summed E-state index contributed by atoms with van der Waals surface area (Å²) in [5.74, 6) is 1.82. The van der Waals surface area contributed by atoms with Crippen LogP contribution in [0.15, 0.2) is 192 Å². The molecule has 10 aromatic rings. The number of fused-ring (bicyclic) bond motifs is 6. The van der Waals surface area contributed by atoms with Gasteiger partial charge in [-0.25, -0.2) is 15.0 Å². The van der Waals surface area contributed by atoms with E-state index in [1.165, 1.54) is 33.4 Å². The Labute approximate surface area is 337 Å². The summed E-state index contributed by atoms with van der Waals surface area (Å²) < 4.78 is 6.52. The molecule has 1 aliphatic carbocycles. The van der Waals surface area contributed by atoms with Crippen LogP contribution in [-0.2, 0) is 5.41 Å². The standard InChI is InChI=1S/C54H37N3O/c1-54(2)45-26-10-9-23-42(45)49-41(24-13-27-46(49)54)39-21-11-20-37(31-39)38-29-30-47-44(33-38)50-43(25-14-28-48(50)58-47)53-56-51(35-17-7-4-8-18-35)55-52(57-53)40-22-12-19-36(32-40)34-15-5-3-6-16-34/h3-33H,1-2H3. The molecule has 0 saturated carbocycles. The maximum Gasteiger partial charge on any atom is 0.164 e. The van der Waals surface area contributed by atoms with Crippen LogP contribution in [0.5, 0.6) is 0 Å². The van der Waals surface area contributed by atoms with Gasteiger partial charge in [0, 0.05) is 32.9 Å². The van der Waals surface area contributed by atoms with E-state index in [0.717, 1.165) is 60.9 Å². The van der Waals surface area contributed by atoms with E-state index >= 15 is 0 Å². The quantitative estimate of drug-likeness (QED) is 0.170. The first kappa shape index (κ1) is 33.9. The second-order valence-corrected chi connectivity index (χ2v) is 15.6. The molecule has 0 spiro atoms. The summed E-state index contributed by atoms with van der Waals surface area (Å²) in [6.07, 6.45) is 0. The van der Waals surface area contributed by atoms with Crippen molar-refractivity contribution < 1.29 is 4.42 Å². The molecule has 0 bridgehead atoms. The number of benzene rings is 8. The zero-order chi connectivity index (χ0) is 38.8. The topological polar surface area (TPSA) is 51.8 Å². The molecule has 58 heavy (non-hydrogen) atoms. The van der Waals surface area contributed by atoms with E-state index in [-0.39, 0.29) is 5.41 Å². The van der Waals surface area contributed by atoms with Gasteiger partial charge in [-0.3, -0.25) is 0 Å². The molecule has 11 rings (SSSR count). The molecule has 0 atom stereocenters. The first-order chi connectivity index (χ1) is 28.5. The lowest BCUT2D eigenvalue weighted by atomic mass is 9.82. The Kier molecular flexibility index (Phi) is 7.80. The fraction of sp³-hybridized carbons (Fsp3) is 0.0556. The van der Waals surface area contributed by atoms with Gasteiger partial charge >= 0.3 is 0 Å². The number of furan rings is 1. The van der Waals surface area contributed by atoms with Crippen LogP contribution in [0.4, 0.5) is 0 Å². The van der Waals surface area contributed by atoms with Crippen molar-refractivity contribution >= 4 is 21.9 Å². The summed E-state index contributed by atoms with van der Waals surface area (Å²) in [5.41, 5.74) is 16.6. The van der Waals surface area contributed by atoms with Crippen LogP contribution in [0.3, 0.4) is 0 Å². The molecule has 4 nitrogen and oxygen atoms in total. The van der Waals surface area contributed by atoms with E-state index in [9.17, 15) is 0 Å². The summed E-state index contributed by atoms with van der Waals surface area (Å²) in [5, 5.41) is 1.99. The number of nitrogens with zero attached hydrogens (tertiary/aromatic N) is 3. The Morgan fingerprint density at radius 1 is 0.362 bits per heavy atom. The smallest absolute Gasteiger partial charge is 0.164 e. The molecule has 1 aliphatic rings. The molecular weight excluding hydrogens is 707 g/mol. The van der Waals surface area contributed by atoms with Gasteiger partial charge in [-0.05, 0) is 86.0 Å². The number of hydrogen-bond donors (Lipinski definition) is 0. The molecule has 0 aliphatic heterocycles. The van der Waals surface area contributed by atoms with Gasteiger partial charge in [0.25, 0.3) is 0 Å². The fourth-order valence-electron chi connectivity index (χ4n) is 8.86. The Bertz CT molecular complexity index is 3200. The molecule has 8 aromatic carbocycles. The van der Waals surface area contributed by atoms with E-state index in [1.54, 1.807) is 0 Å². The monoisotopic (exact) mass is 743 g/mol. The van der Waals surface area contributed by atoms with Gasteiger partial charge < -0.3 is 4.42 Å². The molecule has 0 fully saturated rings. The minimum atomic E-state index is -0.0576. The summed E-state index contributed by atoms with van der Waals surface area (Å²) in [6.45, 7) is 4.67. The van der Waals surface area contributed by atoms with Crippen LogP contribution in [0.1, 0.15) is 25.0 Å². The highest BCUT2D eigenvalue weighted by molar-refractivity contribution is 6.13. The zero-order valence-electron chi connectivity index (χ0n) is 32.1. The van der Waals surface area contributed by atoms with Crippen molar-refractivity contribution in [1.29, 1.82) is 0 Å². The van der Waals surface area contributed by atoms with Crippen LogP contribution in [0.2, 0.25) is 0 Å². The minimum Gasteiger partial charge on any atom is -0.456 e. The van der Waals surface area contributed by atoms with Crippen LogP contribution in [-0.4, -0.2) is 15.0 Å². The Morgan fingerprint density at radius 2 is 0.897 bits per heavy atom. The summed E-state index contributed by atoms with van der Waals surface area (Å²) in [4.78, 5) is 15.4. The lowest BCUT2D eigenvalue weighted by molar-refractivity contribution is 0.660. The normalized spacial score (nSPS) is 12.8. The van der Waals surface area contributed by atoms with E-state index in [1.807, 2.05) is 48.5 Å². The second-order valence-electron chi connectivity index (χ2n) is 15.6. The van der Waals surface area contributed by atoms with Gasteiger partial charge in [-0.2, -0.15) is 0 Å². The lowest BCUT2D eigenvalue weighted by Crippen LogP contribution is -2.14. The van der Waals surface area contributed by atoms with Crippen molar-refractivity contribution in [1.82, 2.24) is 15.0 Å². The van der Waals surface area contributed by atoms with Crippen molar-refractivity contribution in [2.24, 2.45) is 0 Å². The third kappa shape index (κ3) is 5.56. The fourth-order valence-corrected chi connectivity index (χ4v) is 8.86. The number of rotatable bonds is 6. The highest BCUT2D eigenvalue weighted by Gasteiger charge is 2.36. The maximum absolute atomic E-state index is 6.52. The van der Waals surface area contributed by atoms with Gasteiger partial charge in [0.05, 0.1) is 0 Å². The summed E-state index contributed by atoms with van der Waals surface area (Å²) >= 11 is 0. The summed E-state index contributed by atoms with van der Waals surface area (Å²) in [6, 6.07) is 66.1. The van der Waals surface area contributed by atoms with E-state index < -0.39 is 0 Å². The predicted molar refractivity (Wildman–Crippen MR) is 237 cm³/mol. The first-order valence-corrected chi connectivity index (χ1v) is 19.8. The van der Waals surface area contributed by atoms with Crippen LogP contribution in [0, 0.1) is 0 Å². The van der Waals surface area contributed by atoms with Crippen molar-refractivity contribution in [3.05, 3.63) is 199 Å². The molecule has 2 heterocycles. The molecule has 0 saturated heterocycles. The highest BCUT2D eigenvalue weighted by atomic mass is 16.3. The van der Waals surface area contributed by atoms with Crippen molar-refractivity contribution in [2.75, 3.05) is 0 Å². The molecular formula is C54H37N3O. The molecule has 0 N–H and O–H groups in total. The zero-order valence-corrected chi connectivity index (χ0v) is 32.1. The number of hydrogen-bond acceptors (Lipinski definition) is 4. The van der Waals surface area contributed by atoms with Gasteiger partial charge in [0.15, 0.2) is 17.5 Å². The molecule has 4 heteroatoms. The lowest BCUT2D eigenvalue weighted by Gasteiger charge is -2.21. The van der Waals surface area contributed by atoms with Crippen LogP contribution >= 0.6 is 0 Å². The van der Waals surface area contributed by atoms with Gasteiger partial charge in [0.2, 0.25) is 0 Å². The first-order valence-electron chi connectivity index (χ1n) is 19.8. The maximum atomic E-state index is 6.52. The third-order valence-electron chi connectivity index (χ3n) is 11.7. The van der Waals surface area contributed by atoms with Crippen molar-refractivity contribution in [3.8, 4) is 78.7 Å². The minimum absolute atomic E-state index is 0.0576. The largest absolute Gasteiger partial charge is 0.456 e. The molecule has 0 unspecified atom stereocenters. The Balaban J connectivity index is 1.05. The van der Waals surface area contributed by atoms with Crippen molar-refractivity contribution in [2.45, 2.75) is 19.3 Å². The van der Waals surface area contributed by atoms with E-state index in [0.29, 0.717) is 17.5 Å². The average Bonchev–Trinajstić information content (AvgIpc) is 3.78. The van der Waals surface area contributed by atoms with Gasteiger partial charge in [-0.1, -0.05) is 172 Å². The molecule has 0 radical (unpaired) electrons. The Hall–Kier alpha value is -7.43. The Morgan fingerprint density at radius 3 is 1.71 bits per heavy atom. The van der Waals surface area contributed by atoms with Crippen molar-refractivity contribution in [3.63, 3.8) is 0 Å². The summed E-state index contributed by atoms with van der Waals surface area (Å²) in [7, 11) is 0. The number of aromatic nitrogens is 3. The highest BCUT2D eigenvalue weighted by Crippen LogP contribution is 2.52. The average molecular weight is 744 g/mol. The van der Waals surface area contributed by atoms with Crippen LogP contribution < -0.4 is 0 Å². The second kappa shape index (κ2) is 13.4. The predicted octanol–water partition coefficient (Wildman–Crippen LogP) is 14.1. The van der Waals surface area contributed by atoms with E-state index in [4.69, 9.17) is 19.4 Å². The molecule has 0 amide bonds. The third-order valence-corrected chi connectivity index (χ3v) is 11.7. The molecule has 274 valence electrons. The van der Waals surface area contributed by atoms with E-state index in [2.05, 4.69) is 153 Å². The van der Waals surface area contributed by atoms with Crippen LogP contribution in [0.25, 0.3) is 101 Å². The SMILES string of the molecule is CC1(C)c2ccccc2-c2c(-c3cccc(-c4ccc5oc6cccc(-c7nc(-c8ccccc8)nc(-c8cccc(-c9ccccc9)c8)n7)c6c5c4)c3)cccc21. The van der Waals surface area contributed by atoms with Gasteiger partial charge in [-0.15, -0.1) is 0 Å². The van der Waals surface area contributed by atoms with Gasteiger partial charge in [0.1, 0.15) is 11.2 Å².